The molecule has 0 aliphatic heterocycles. The number of alkyl halides is 3. The Bertz CT molecular complexity index is 526. The maximum absolute atomic E-state index is 12.3. The van der Waals surface area contributed by atoms with Crippen molar-refractivity contribution < 1.29 is 27.3 Å². The molecule has 0 aliphatic rings. The van der Waals surface area contributed by atoms with Gasteiger partial charge in [0.15, 0.2) is 10.8 Å². The van der Waals surface area contributed by atoms with E-state index in [1.807, 2.05) is 6.92 Å². The van der Waals surface area contributed by atoms with Crippen molar-refractivity contribution >= 4 is 22.4 Å². The van der Waals surface area contributed by atoms with Gasteiger partial charge in [0.05, 0.1) is 0 Å². The molecule has 0 fully saturated rings. The third kappa shape index (κ3) is 4.82. The number of benzene rings is 1. The molecule has 0 saturated carbocycles. The van der Waals surface area contributed by atoms with Crippen LogP contribution in [0.25, 0.3) is 0 Å². The van der Waals surface area contributed by atoms with Crippen LogP contribution < -0.4 is 5.32 Å². The zero-order chi connectivity index (χ0) is 16.3. The lowest BCUT2D eigenvalue weighted by molar-refractivity contribution is -0.133. The monoisotopic (exact) mass is 323 g/mol. The lowest BCUT2D eigenvalue weighted by atomic mass is 10.00. The zero-order valence-corrected chi connectivity index (χ0v) is 12.3. The Morgan fingerprint density at radius 2 is 1.81 bits per heavy atom. The van der Waals surface area contributed by atoms with Crippen LogP contribution in [0.3, 0.4) is 0 Å². The molecule has 1 amide bonds. The Morgan fingerprint density at radius 1 is 1.29 bits per heavy atom. The van der Waals surface area contributed by atoms with Crippen LogP contribution in [0, 0.1) is 0 Å². The van der Waals surface area contributed by atoms with Gasteiger partial charge < -0.3 is 10.4 Å². The summed E-state index contributed by atoms with van der Waals surface area (Å²) >= 11 is 0. The van der Waals surface area contributed by atoms with Gasteiger partial charge in [-0.1, -0.05) is 13.3 Å². The summed E-state index contributed by atoms with van der Waals surface area (Å²) in [5.41, 5.74) is -6.16. The molecule has 0 heterocycles. The van der Waals surface area contributed by atoms with Crippen molar-refractivity contribution in [3.63, 3.8) is 0 Å². The van der Waals surface area contributed by atoms with Crippen molar-refractivity contribution in [1.82, 2.24) is 0 Å². The summed E-state index contributed by atoms with van der Waals surface area (Å²) in [6, 6.07) is 4.46. The zero-order valence-electron chi connectivity index (χ0n) is 11.5. The second-order valence-corrected chi connectivity index (χ2v) is 6.19. The maximum atomic E-state index is 12.3. The van der Waals surface area contributed by atoms with E-state index in [0.717, 1.165) is 12.1 Å². The molecule has 0 aliphatic carbocycles. The van der Waals surface area contributed by atoms with E-state index in [1.54, 1.807) is 0 Å². The lowest BCUT2D eigenvalue weighted by Gasteiger charge is -2.21. The van der Waals surface area contributed by atoms with Gasteiger partial charge in [0.1, 0.15) is 5.60 Å². The highest BCUT2D eigenvalue weighted by atomic mass is 32.2. The molecule has 0 radical (unpaired) electrons. The van der Waals surface area contributed by atoms with Crippen molar-refractivity contribution in [2.75, 3.05) is 5.32 Å². The summed E-state index contributed by atoms with van der Waals surface area (Å²) in [6.45, 7) is 3.17. The predicted molar refractivity (Wildman–Crippen MR) is 73.1 cm³/mol. The van der Waals surface area contributed by atoms with Crippen LogP contribution in [0.5, 0.6) is 0 Å². The first-order valence-electron chi connectivity index (χ1n) is 6.20. The molecule has 0 spiro atoms. The summed E-state index contributed by atoms with van der Waals surface area (Å²) in [6.07, 6.45) is 0.860. The van der Waals surface area contributed by atoms with E-state index < -0.39 is 32.7 Å². The fourth-order valence-corrected chi connectivity index (χ4v) is 2.31. The number of aliphatic hydroxyl groups is 1. The lowest BCUT2D eigenvalue weighted by Crippen LogP contribution is -2.39. The van der Waals surface area contributed by atoms with Crippen molar-refractivity contribution in [2.45, 2.75) is 42.7 Å². The van der Waals surface area contributed by atoms with E-state index >= 15 is 0 Å². The van der Waals surface area contributed by atoms with Gasteiger partial charge in [0.2, 0.25) is 0 Å². The summed E-state index contributed by atoms with van der Waals surface area (Å²) in [5.74, 6) is -0.644. The number of rotatable bonds is 5. The third-order valence-corrected chi connectivity index (χ3v) is 3.88. The average Bonchev–Trinajstić information content (AvgIpc) is 2.37. The van der Waals surface area contributed by atoms with E-state index in [-0.39, 0.29) is 12.1 Å². The SMILES string of the molecule is CCCC(C)(O)C(=O)Nc1ccc(S(=O)C(F)(F)F)cc1. The molecule has 1 aromatic rings. The van der Waals surface area contributed by atoms with E-state index in [2.05, 4.69) is 5.32 Å². The minimum absolute atomic E-state index is 0.222. The van der Waals surface area contributed by atoms with Crippen molar-refractivity contribution in [3.05, 3.63) is 24.3 Å². The van der Waals surface area contributed by atoms with Crippen LogP contribution >= 0.6 is 0 Å². The van der Waals surface area contributed by atoms with Crippen molar-refractivity contribution in [3.8, 4) is 0 Å². The fourth-order valence-electron chi connectivity index (χ4n) is 1.66. The standard InChI is InChI=1S/C13H16F3NO3S/c1-3-8-12(2,19)11(18)17-9-4-6-10(7-5-9)21(20)13(14,15)16/h4-7,19H,3,8H2,1-2H3,(H,17,18). The highest BCUT2D eigenvalue weighted by Gasteiger charge is 2.38. The van der Waals surface area contributed by atoms with Gasteiger partial charge in [-0.05, 0) is 37.6 Å². The first kappa shape index (κ1) is 17.6. The average molecular weight is 323 g/mol. The van der Waals surface area contributed by atoms with Gasteiger partial charge in [-0.15, -0.1) is 0 Å². The van der Waals surface area contributed by atoms with Crippen LogP contribution in [-0.4, -0.2) is 26.3 Å². The van der Waals surface area contributed by atoms with Crippen LogP contribution in [0.15, 0.2) is 29.2 Å². The normalized spacial score (nSPS) is 16.1. The molecule has 8 heteroatoms. The van der Waals surface area contributed by atoms with Crippen molar-refractivity contribution in [1.29, 1.82) is 0 Å². The summed E-state index contributed by atoms with van der Waals surface area (Å²) in [7, 11) is -3.10. The summed E-state index contributed by atoms with van der Waals surface area (Å²) in [5, 5.41) is 12.3. The van der Waals surface area contributed by atoms with Crippen LogP contribution in [0.2, 0.25) is 0 Å². The third-order valence-electron chi connectivity index (χ3n) is 2.76. The van der Waals surface area contributed by atoms with Gasteiger partial charge in [-0.2, -0.15) is 13.2 Å². The molecule has 0 bridgehead atoms. The Hall–Kier alpha value is -1.41. The Labute approximate surface area is 122 Å². The Balaban J connectivity index is 2.80. The molecule has 0 saturated heterocycles. The molecular formula is C13H16F3NO3S. The van der Waals surface area contributed by atoms with Gasteiger partial charge in [0, 0.05) is 10.6 Å². The molecule has 2 atom stereocenters. The quantitative estimate of drug-likeness (QED) is 0.875. The van der Waals surface area contributed by atoms with Crippen LogP contribution in [0.1, 0.15) is 26.7 Å². The molecule has 2 unspecified atom stereocenters. The smallest absolute Gasteiger partial charge is 0.380 e. The molecule has 4 nitrogen and oxygen atoms in total. The number of amides is 1. The molecule has 1 aromatic carbocycles. The number of hydrogen-bond acceptors (Lipinski definition) is 3. The van der Waals surface area contributed by atoms with Gasteiger partial charge in [0.25, 0.3) is 5.91 Å². The van der Waals surface area contributed by atoms with E-state index in [0.29, 0.717) is 6.42 Å². The molecule has 0 aromatic heterocycles. The number of halogens is 3. The second-order valence-electron chi connectivity index (χ2n) is 4.72. The highest BCUT2D eigenvalue weighted by molar-refractivity contribution is 7.86. The highest BCUT2D eigenvalue weighted by Crippen LogP contribution is 2.27. The number of carbonyl (C=O) groups excluding carboxylic acids is 1. The predicted octanol–water partition coefficient (Wildman–Crippen LogP) is 2.80. The molecule has 2 N–H and O–H groups in total. The summed E-state index contributed by atoms with van der Waals surface area (Å²) < 4.78 is 48.0. The van der Waals surface area contributed by atoms with E-state index in [4.69, 9.17) is 0 Å². The first-order valence-corrected chi connectivity index (χ1v) is 7.35. The minimum atomic E-state index is -4.82. The topological polar surface area (TPSA) is 66.4 Å². The fraction of sp³-hybridized carbons (Fsp3) is 0.462. The minimum Gasteiger partial charge on any atom is -0.380 e. The maximum Gasteiger partial charge on any atom is 0.475 e. The first-order chi connectivity index (χ1) is 9.58. The largest absolute Gasteiger partial charge is 0.475 e. The van der Waals surface area contributed by atoms with Crippen molar-refractivity contribution in [2.24, 2.45) is 0 Å². The molecule has 1 rings (SSSR count). The van der Waals surface area contributed by atoms with Gasteiger partial charge >= 0.3 is 5.51 Å². The molecular weight excluding hydrogens is 307 g/mol. The number of anilines is 1. The van der Waals surface area contributed by atoms with E-state index in [9.17, 15) is 27.3 Å². The molecule has 21 heavy (non-hydrogen) atoms. The Morgan fingerprint density at radius 3 is 2.24 bits per heavy atom. The van der Waals surface area contributed by atoms with Gasteiger partial charge in [-0.3, -0.25) is 4.79 Å². The molecule has 118 valence electrons. The second kappa shape index (κ2) is 6.57. The van der Waals surface area contributed by atoms with Gasteiger partial charge in [-0.25, -0.2) is 4.21 Å². The number of nitrogens with one attached hydrogen (secondary N) is 1. The Kier molecular flexibility index (Phi) is 5.52. The summed E-state index contributed by atoms with van der Waals surface area (Å²) in [4.78, 5) is 11.4. The number of carbonyl (C=O) groups is 1. The number of hydrogen-bond donors (Lipinski definition) is 2. The van der Waals surface area contributed by atoms with Crippen LogP contribution in [0.4, 0.5) is 18.9 Å². The van der Waals surface area contributed by atoms with E-state index in [1.165, 1.54) is 19.1 Å². The van der Waals surface area contributed by atoms with Crippen LogP contribution in [-0.2, 0) is 15.6 Å².